The van der Waals surface area contributed by atoms with Crippen molar-refractivity contribution in [3.63, 3.8) is 0 Å². The molecule has 1 amide bonds. The number of rotatable bonds is 6. The first-order valence-corrected chi connectivity index (χ1v) is 10.8. The quantitative estimate of drug-likeness (QED) is 0.783. The molecule has 1 unspecified atom stereocenters. The average Bonchev–Trinajstić information content (AvgIpc) is 2.95. The lowest BCUT2D eigenvalue weighted by Crippen LogP contribution is -2.34. The summed E-state index contributed by atoms with van der Waals surface area (Å²) >= 11 is 0. The first-order valence-electron chi connectivity index (χ1n) is 9.36. The molecule has 1 aliphatic heterocycles. The van der Waals surface area contributed by atoms with Gasteiger partial charge in [-0.15, -0.1) is 0 Å². The second-order valence-corrected chi connectivity index (χ2v) is 8.80. The molecule has 0 spiro atoms. The van der Waals surface area contributed by atoms with Crippen LogP contribution in [0.3, 0.4) is 0 Å². The van der Waals surface area contributed by atoms with E-state index in [0.29, 0.717) is 5.56 Å². The highest BCUT2D eigenvalue weighted by atomic mass is 32.2. The number of hydrogen-bond acceptors (Lipinski definition) is 4. The van der Waals surface area contributed by atoms with Gasteiger partial charge in [-0.05, 0) is 35.6 Å². The number of benzene rings is 2. The van der Waals surface area contributed by atoms with Crippen LogP contribution in [0.1, 0.15) is 43.5 Å². The standard InChI is InChI=1S/C21H25N3O3S/c1-4-15-9-11-16(12-10-15)20(14(2)3)23-19(25)13-22-21-17-7-5-6-8-18(17)28(26,27)24-21/h5-12,14,20H,4,13H2,1-3H3,(H,22,24)(H,23,25). The van der Waals surface area contributed by atoms with E-state index in [1.165, 1.54) is 11.6 Å². The van der Waals surface area contributed by atoms with E-state index < -0.39 is 10.0 Å². The highest BCUT2D eigenvalue weighted by Crippen LogP contribution is 2.23. The highest BCUT2D eigenvalue weighted by molar-refractivity contribution is 7.90. The molecule has 2 aromatic carbocycles. The number of amides is 1. The van der Waals surface area contributed by atoms with Crippen LogP contribution in [0.15, 0.2) is 58.4 Å². The van der Waals surface area contributed by atoms with Gasteiger partial charge in [-0.1, -0.05) is 57.2 Å². The van der Waals surface area contributed by atoms with Crippen LogP contribution in [0.25, 0.3) is 0 Å². The summed E-state index contributed by atoms with van der Waals surface area (Å²) in [7, 11) is -3.60. The second kappa shape index (κ2) is 8.14. The van der Waals surface area contributed by atoms with Crippen molar-refractivity contribution < 1.29 is 13.2 Å². The van der Waals surface area contributed by atoms with Gasteiger partial charge in [0.15, 0.2) is 0 Å². The van der Waals surface area contributed by atoms with E-state index in [1.54, 1.807) is 18.2 Å². The van der Waals surface area contributed by atoms with Crippen LogP contribution in [-0.4, -0.2) is 26.7 Å². The summed E-state index contributed by atoms with van der Waals surface area (Å²) < 4.78 is 26.7. The lowest BCUT2D eigenvalue weighted by Gasteiger charge is -2.23. The number of nitrogens with one attached hydrogen (secondary N) is 2. The van der Waals surface area contributed by atoms with E-state index in [9.17, 15) is 13.2 Å². The van der Waals surface area contributed by atoms with Gasteiger partial charge >= 0.3 is 0 Å². The summed E-state index contributed by atoms with van der Waals surface area (Å²) in [5, 5.41) is 3.02. The summed E-state index contributed by atoms with van der Waals surface area (Å²) in [4.78, 5) is 16.9. The summed E-state index contributed by atoms with van der Waals surface area (Å²) in [6.45, 7) is 6.05. The molecule has 0 bridgehead atoms. The first-order chi connectivity index (χ1) is 13.3. The van der Waals surface area contributed by atoms with Crippen LogP contribution in [0.4, 0.5) is 0 Å². The average molecular weight is 400 g/mol. The van der Waals surface area contributed by atoms with Crippen molar-refractivity contribution in [3.8, 4) is 0 Å². The fourth-order valence-electron chi connectivity index (χ4n) is 3.22. The minimum Gasteiger partial charge on any atom is -0.347 e. The first kappa shape index (κ1) is 20.1. The Morgan fingerprint density at radius 2 is 1.79 bits per heavy atom. The molecule has 1 atom stereocenters. The molecule has 28 heavy (non-hydrogen) atoms. The van der Waals surface area contributed by atoms with Crippen LogP contribution < -0.4 is 10.0 Å². The Morgan fingerprint density at radius 3 is 2.43 bits per heavy atom. The Kier molecular flexibility index (Phi) is 5.84. The van der Waals surface area contributed by atoms with Crippen molar-refractivity contribution in [2.45, 2.75) is 38.1 Å². The van der Waals surface area contributed by atoms with Gasteiger partial charge in [0.05, 0.1) is 10.9 Å². The van der Waals surface area contributed by atoms with E-state index in [0.717, 1.165) is 12.0 Å². The van der Waals surface area contributed by atoms with Gasteiger partial charge in [0.2, 0.25) is 5.91 Å². The van der Waals surface area contributed by atoms with Crippen LogP contribution in [0.2, 0.25) is 0 Å². The summed E-state index contributed by atoms with van der Waals surface area (Å²) in [6.07, 6.45) is 0.966. The fraction of sp³-hybridized carbons (Fsp3) is 0.333. The molecule has 3 rings (SSSR count). The van der Waals surface area contributed by atoms with Crippen LogP contribution in [-0.2, 0) is 21.2 Å². The summed E-state index contributed by atoms with van der Waals surface area (Å²) in [5.74, 6) is 0.156. The van der Waals surface area contributed by atoms with Gasteiger partial charge in [-0.2, -0.15) is 0 Å². The third kappa shape index (κ3) is 4.25. The second-order valence-electron chi connectivity index (χ2n) is 7.15. The van der Waals surface area contributed by atoms with Crippen molar-refractivity contribution in [1.82, 2.24) is 10.0 Å². The zero-order valence-corrected chi connectivity index (χ0v) is 17.1. The van der Waals surface area contributed by atoms with Crippen LogP contribution in [0.5, 0.6) is 0 Å². The molecule has 2 aromatic rings. The number of amidine groups is 1. The number of sulfonamides is 1. The topological polar surface area (TPSA) is 87.6 Å². The third-order valence-electron chi connectivity index (χ3n) is 4.77. The Morgan fingerprint density at radius 1 is 1.11 bits per heavy atom. The smallest absolute Gasteiger partial charge is 0.263 e. The summed E-state index contributed by atoms with van der Waals surface area (Å²) in [6, 6.07) is 14.7. The molecule has 0 saturated heterocycles. The zero-order valence-electron chi connectivity index (χ0n) is 16.3. The van der Waals surface area contributed by atoms with E-state index in [4.69, 9.17) is 0 Å². The molecule has 0 aromatic heterocycles. The molecule has 1 heterocycles. The number of nitrogens with zero attached hydrogens (tertiary/aromatic N) is 1. The van der Waals surface area contributed by atoms with Gasteiger partial charge in [-0.3, -0.25) is 14.5 Å². The van der Waals surface area contributed by atoms with E-state index >= 15 is 0 Å². The van der Waals surface area contributed by atoms with Crippen molar-refractivity contribution in [3.05, 3.63) is 65.2 Å². The van der Waals surface area contributed by atoms with E-state index in [2.05, 4.69) is 34.1 Å². The van der Waals surface area contributed by atoms with Crippen LogP contribution in [0, 0.1) is 5.92 Å². The SMILES string of the molecule is CCc1ccc(C(NC(=O)CN=C2NS(=O)(=O)c3ccccc32)C(C)C)cc1. The molecule has 1 aliphatic rings. The molecule has 7 heteroatoms. The van der Waals surface area contributed by atoms with Crippen LogP contribution >= 0.6 is 0 Å². The minimum atomic E-state index is -3.60. The van der Waals surface area contributed by atoms with Crippen molar-refractivity contribution >= 4 is 21.8 Å². The normalized spacial score (nSPS) is 17.2. The number of aliphatic imine (C=N–C) groups is 1. The van der Waals surface area contributed by atoms with Crippen molar-refractivity contribution in [2.75, 3.05) is 6.54 Å². The number of hydrogen-bond donors (Lipinski definition) is 2. The molecule has 6 nitrogen and oxygen atoms in total. The lowest BCUT2D eigenvalue weighted by atomic mass is 9.95. The van der Waals surface area contributed by atoms with Gasteiger partial charge in [0, 0.05) is 5.56 Å². The summed E-state index contributed by atoms with van der Waals surface area (Å²) in [5.41, 5.74) is 2.78. The lowest BCUT2D eigenvalue weighted by molar-refractivity contribution is -0.120. The molecule has 0 radical (unpaired) electrons. The molecule has 2 N–H and O–H groups in total. The maximum absolute atomic E-state index is 12.5. The van der Waals surface area contributed by atoms with Crippen molar-refractivity contribution in [1.29, 1.82) is 0 Å². The maximum atomic E-state index is 12.5. The fourth-order valence-corrected chi connectivity index (χ4v) is 4.47. The molecule has 0 aliphatic carbocycles. The molecular formula is C21H25N3O3S. The predicted octanol–water partition coefficient (Wildman–Crippen LogP) is 2.80. The Hall–Kier alpha value is -2.67. The monoisotopic (exact) mass is 399 g/mol. The molecule has 0 saturated carbocycles. The highest BCUT2D eigenvalue weighted by Gasteiger charge is 2.30. The molecule has 0 fully saturated rings. The largest absolute Gasteiger partial charge is 0.347 e. The van der Waals surface area contributed by atoms with Gasteiger partial charge in [0.25, 0.3) is 10.0 Å². The number of aryl methyl sites for hydroxylation is 1. The minimum absolute atomic E-state index is 0.133. The van der Waals surface area contributed by atoms with Gasteiger partial charge in [-0.25, -0.2) is 8.42 Å². The zero-order chi connectivity index (χ0) is 20.3. The molecular weight excluding hydrogens is 374 g/mol. The van der Waals surface area contributed by atoms with Crippen molar-refractivity contribution in [2.24, 2.45) is 10.9 Å². The number of carbonyl (C=O) groups is 1. The third-order valence-corrected chi connectivity index (χ3v) is 6.17. The maximum Gasteiger partial charge on any atom is 0.263 e. The Bertz CT molecular complexity index is 996. The Labute approximate surface area is 166 Å². The van der Waals surface area contributed by atoms with Gasteiger partial charge < -0.3 is 5.32 Å². The molecule has 148 valence electrons. The van der Waals surface area contributed by atoms with E-state index in [1.807, 2.05) is 26.0 Å². The number of fused-ring (bicyclic) bond motifs is 1. The predicted molar refractivity (Wildman–Crippen MR) is 110 cm³/mol. The van der Waals surface area contributed by atoms with Gasteiger partial charge in [0.1, 0.15) is 12.4 Å². The van der Waals surface area contributed by atoms with E-state index in [-0.39, 0.29) is 35.1 Å². The number of carbonyl (C=O) groups excluding carboxylic acids is 1. The Balaban J connectivity index is 1.73.